The summed E-state index contributed by atoms with van der Waals surface area (Å²) in [6.45, 7) is 0.705. The molecule has 0 bridgehead atoms. The Morgan fingerprint density at radius 2 is 1.91 bits per heavy atom. The normalized spacial score (nSPS) is 24.4. The summed E-state index contributed by atoms with van der Waals surface area (Å²) in [4.78, 5) is 40.6. The van der Waals surface area contributed by atoms with Crippen molar-refractivity contribution in [3.05, 3.63) is 42.5 Å². The van der Waals surface area contributed by atoms with Gasteiger partial charge in [0.05, 0.1) is 6.17 Å². The molecule has 2 aliphatic heterocycles. The molecule has 2 aromatic carbocycles. The van der Waals surface area contributed by atoms with E-state index in [2.05, 4.69) is 21.3 Å². The van der Waals surface area contributed by atoms with Gasteiger partial charge >= 0.3 is 0 Å². The summed E-state index contributed by atoms with van der Waals surface area (Å²) in [5.74, 6) is -0.919. The van der Waals surface area contributed by atoms with Gasteiger partial charge < -0.3 is 21.3 Å². The van der Waals surface area contributed by atoms with E-state index >= 15 is 0 Å². The lowest BCUT2D eigenvalue weighted by Gasteiger charge is -2.35. The highest BCUT2D eigenvalue weighted by Gasteiger charge is 2.44. The summed E-state index contributed by atoms with van der Waals surface area (Å²) in [6, 6.07) is 12.3. The SMILES string of the molecule is CN[C@@H](N)C(=O)N[C@H]1CCCNC2CCC(C(=O)Nc3cccc4ccccc34)N2C1=O. The van der Waals surface area contributed by atoms with Crippen molar-refractivity contribution in [1.82, 2.24) is 20.9 Å². The summed E-state index contributed by atoms with van der Waals surface area (Å²) in [5, 5.41) is 13.8. The molecule has 3 amide bonds. The monoisotopic (exact) mass is 438 g/mol. The van der Waals surface area contributed by atoms with Crippen molar-refractivity contribution in [2.75, 3.05) is 18.9 Å². The van der Waals surface area contributed by atoms with Crippen LogP contribution in [-0.4, -0.2) is 60.6 Å². The second-order valence-electron chi connectivity index (χ2n) is 8.29. The zero-order chi connectivity index (χ0) is 22.7. The molecule has 0 spiro atoms. The first-order valence-electron chi connectivity index (χ1n) is 11.1. The van der Waals surface area contributed by atoms with Crippen LogP contribution in [-0.2, 0) is 14.4 Å². The molecule has 0 radical (unpaired) electrons. The largest absolute Gasteiger partial charge is 0.342 e. The first-order chi connectivity index (χ1) is 15.5. The highest BCUT2D eigenvalue weighted by molar-refractivity contribution is 6.05. The van der Waals surface area contributed by atoms with Gasteiger partial charge in [-0.3, -0.25) is 25.0 Å². The van der Waals surface area contributed by atoms with Gasteiger partial charge in [-0.25, -0.2) is 0 Å². The van der Waals surface area contributed by atoms with Crippen molar-refractivity contribution in [3.63, 3.8) is 0 Å². The number of anilines is 1. The van der Waals surface area contributed by atoms with Gasteiger partial charge in [-0.15, -0.1) is 0 Å². The third-order valence-corrected chi connectivity index (χ3v) is 6.25. The molecule has 0 aliphatic carbocycles. The van der Waals surface area contributed by atoms with Crippen LogP contribution in [0, 0.1) is 0 Å². The van der Waals surface area contributed by atoms with Gasteiger partial charge in [0.25, 0.3) is 5.91 Å². The molecule has 170 valence electrons. The predicted octanol–water partition coefficient (Wildman–Crippen LogP) is 0.468. The van der Waals surface area contributed by atoms with E-state index < -0.39 is 24.2 Å². The minimum absolute atomic E-state index is 0.225. The molecule has 9 heteroatoms. The maximum Gasteiger partial charge on any atom is 0.252 e. The molecular formula is C23H30N6O3. The molecule has 2 heterocycles. The number of hydrogen-bond donors (Lipinski definition) is 5. The maximum absolute atomic E-state index is 13.4. The van der Waals surface area contributed by atoms with Crippen LogP contribution < -0.4 is 27.0 Å². The van der Waals surface area contributed by atoms with Gasteiger partial charge in [0.2, 0.25) is 11.8 Å². The number of carbonyl (C=O) groups is 3. The Morgan fingerprint density at radius 1 is 1.12 bits per heavy atom. The van der Waals surface area contributed by atoms with E-state index in [9.17, 15) is 14.4 Å². The van der Waals surface area contributed by atoms with Crippen LogP contribution in [0.4, 0.5) is 5.69 Å². The van der Waals surface area contributed by atoms with Gasteiger partial charge in [-0.1, -0.05) is 36.4 Å². The van der Waals surface area contributed by atoms with E-state index in [1.807, 2.05) is 42.5 Å². The molecule has 2 unspecified atom stereocenters. The summed E-state index contributed by atoms with van der Waals surface area (Å²) in [6.07, 6.45) is 1.32. The lowest BCUT2D eigenvalue weighted by atomic mass is 10.1. The summed E-state index contributed by atoms with van der Waals surface area (Å²) in [5.41, 5.74) is 6.45. The van der Waals surface area contributed by atoms with Crippen molar-refractivity contribution in [3.8, 4) is 0 Å². The fraction of sp³-hybridized carbons (Fsp3) is 0.435. The molecule has 4 rings (SSSR count). The van der Waals surface area contributed by atoms with Crippen LogP contribution in [0.5, 0.6) is 0 Å². The van der Waals surface area contributed by atoms with Crippen LogP contribution in [0.2, 0.25) is 0 Å². The Labute approximate surface area is 187 Å². The lowest BCUT2D eigenvalue weighted by Crippen LogP contribution is -2.61. The number of carbonyl (C=O) groups excluding carboxylic acids is 3. The number of nitrogens with two attached hydrogens (primary N) is 1. The molecule has 4 atom stereocenters. The van der Waals surface area contributed by atoms with Crippen molar-refractivity contribution < 1.29 is 14.4 Å². The standard InChI is InChI=1S/C23H30N6O3/c1-25-20(24)22(31)28-17-10-5-13-26-19-12-11-18(29(19)23(17)32)21(30)27-16-9-4-7-14-6-2-3-8-15(14)16/h2-4,6-9,17-20,25-26H,5,10-13,24H2,1H3,(H,27,30)(H,28,31)/t17-,18?,19?,20+/m0/s1. The fourth-order valence-corrected chi connectivity index (χ4v) is 4.53. The number of fused-ring (bicyclic) bond motifs is 2. The average Bonchev–Trinajstić information content (AvgIpc) is 3.22. The molecule has 2 aromatic rings. The number of benzene rings is 2. The molecular weight excluding hydrogens is 408 g/mol. The number of nitrogens with one attached hydrogen (secondary N) is 4. The number of likely N-dealkylation sites (N-methyl/N-ethyl adjacent to an activating group) is 1. The molecule has 6 N–H and O–H groups in total. The van der Waals surface area contributed by atoms with Crippen LogP contribution in [0.1, 0.15) is 25.7 Å². The molecule has 2 aliphatic rings. The van der Waals surface area contributed by atoms with Gasteiger partial charge in [-0.05, 0) is 50.7 Å². The van der Waals surface area contributed by atoms with Crippen LogP contribution in [0.15, 0.2) is 42.5 Å². The number of rotatable bonds is 5. The van der Waals surface area contributed by atoms with E-state index in [4.69, 9.17) is 5.73 Å². The van der Waals surface area contributed by atoms with Crippen molar-refractivity contribution in [1.29, 1.82) is 0 Å². The second kappa shape index (κ2) is 9.64. The van der Waals surface area contributed by atoms with Crippen molar-refractivity contribution >= 4 is 34.2 Å². The Kier molecular flexibility index (Phi) is 6.69. The Balaban J connectivity index is 1.54. The van der Waals surface area contributed by atoms with Crippen molar-refractivity contribution in [2.24, 2.45) is 5.73 Å². The number of nitrogens with zero attached hydrogens (tertiary/aromatic N) is 1. The summed E-state index contributed by atoms with van der Waals surface area (Å²) >= 11 is 0. The van der Waals surface area contributed by atoms with Gasteiger partial charge in [-0.2, -0.15) is 0 Å². The fourth-order valence-electron chi connectivity index (χ4n) is 4.53. The van der Waals surface area contributed by atoms with E-state index in [1.165, 1.54) is 0 Å². The average molecular weight is 439 g/mol. The first-order valence-corrected chi connectivity index (χ1v) is 11.1. The highest BCUT2D eigenvalue weighted by atomic mass is 16.2. The zero-order valence-corrected chi connectivity index (χ0v) is 18.1. The zero-order valence-electron chi connectivity index (χ0n) is 18.1. The van der Waals surface area contributed by atoms with E-state index in [1.54, 1.807) is 11.9 Å². The minimum Gasteiger partial charge on any atom is -0.342 e. The molecule has 2 fully saturated rings. The topological polar surface area (TPSA) is 129 Å². The van der Waals surface area contributed by atoms with Gasteiger partial charge in [0, 0.05) is 11.1 Å². The molecule has 2 saturated heterocycles. The minimum atomic E-state index is -0.897. The predicted molar refractivity (Wildman–Crippen MR) is 122 cm³/mol. The quantitative estimate of drug-likeness (QED) is 0.432. The molecule has 9 nitrogen and oxygen atoms in total. The van der Waals surface area contributed by atoms with Gasteiger partial charge in [0.1, 0.15) is 18.2 Å². The number of hydrogen-bond acceptors (Lipinski definition) is 6. The Morgan fingerprint density at radius 3 is 2.72 bits per heavy atom. The maximum atomic E-state index is 13.4. The number of amides is 3. The van der Waals surface area contributed by atoms with E-state index in [0.717, 1.165) is 17.2 Å². The van der Waals surface area contributed by atoms with Gasteiger partial charge in [0.15, 0.2) is 0 Å². The molecule has 0 saturated carbocycles. The first kappa shape index (κ1) is 22.2. The smallest absolute Gasteiger partial charge is 0.252 e. The highest BCUT2D eigenvalue weighted by Crippen LogP contribution is 2.28. The van der Waals surface area contributed by atoms with Crippen LogP contribution >= 0.6 is 0 Å². The van der Waals surface area contributed by atoms with Crippen molar-refractivity contribution in [2.45, 2.75) is 50.1 Å². The van der Waals surface area contributed by atoms with Crippen LogP contribution in [0.3, 0.4) is 0 Å². The second-order valence-corrected chi connectivity index (χ2v) is 8.29. The molecule has 0 aromatic heterocycles. The van der Waals surface area contributed by atoms with Crippen LogP contribution in [0.25, 0.3) is 10.8 Å². The molecule has 32 heavy (non-hydrogen) atoms. The van der Waals surface area contributed by atoms with E-state index in [0.29, 0.717) is 31.5 Å². The lowest BCUT2D eigenvalue weighted by molar-refractivity contribution is -0.143. The third kappa shape index (κ3) is 4.45. The Bertz CT molecular complexity index is 1010. The Hall–Kier alpha value is -3.01. The third-order valence-electron chi connectivity index (χ3n) is 6.25. The summed E-state index contributed by atoms with van der Waals surface area (Å²) in [7, 11) is 1.58. The van der Waals surface area contributed by atoms with E-state index in [-0.39, 0.29) is 18.0 Å². The summed E-state index contributed by atoms with van der Waals surface area (Å²) < 4.78 is 0.